The number of carbonyl (C=O) groups excluding carboxylic acids is 2. The van der Waals surface area contributed by atoms with Crippen LogP contribution in [0.1, 0.15) is 37.6 Å². The highest BCUT2D eigenvalue weighted by Gasteiger charge is 2.14. The number of amides is 2. The van der Waals surface area contributed by atoms with Crippen molar-refractivity contribution >= 4 is 39.1 Å². The van der Waals surface area contributed by atoms with Crippen LogP contribution in [0.15, 0.2) is 15.2 Å². The van der Waals surface area contributed by atoms with E-state index in [2.05, 4.69) is 26.6 Å². The first kappa shape index (κ1) is 15.2. The normalized spacial score (nSPS) is 11.1. The van der Waals surface area contributed by atoms with Gasteiger partial charge < -0.3 is 10.6 Å². The van der Waals surface area contributed by atoms with Gasteiger partial charge in [0, 0.05) is 23.9 Å². The van der Waals surface area contributed by atoms with Crippen LogP contribution >= 0.6 is 27.3 Å². The lowest BCUT2D eigenvalue weighted by molar-refractivity contribution is -0.122. The molecule has 0 unspecified atom stereocenters. The van der Waals surface area contributed by atoms with Gasteiger partial charge in [0.2, 0.25) is 5.91 Å². The van der Waals surface area contributed by atoms with Crippen molar-refractivity contribution in [2.45, 2.75) is 32.7 Å². The average molecular weight is 333 g/mol. The minimum atomic E-state index is -0.237. The summed E-state index contributed by atoms with van der Waals surface area (Å²) in [6.45, 7) is 6.11. The van der Waals surface area contributed by atoms with Gasteiger partial charge in [-0.3, -0.25) is 9.59 Å². The van der Waals surface area contributed by atoms with Crippen LogP contribution in [0.3, 0.4) is 0 Å². The summed E-state index contributed by atoms with van der Waals surface area (Å²) >= 11 is 4.76. The summed E-state index contributed by atoms with van der Waals surface area (Å²) in [5.74, 6) is -0.213. The van der Waals surface area contributed by atoms with Crippen molar-refractivity contribution in [1.29, 1.82) is 0 Å². The lowest BCUT2D eigenvalue weighted by Crippen LogP contribution is -2.41. The fourth-order valence-corrected chi connectivity index (χ4v) is 2.44. The molecule has 0 saturated heterocycles. The Hall–Kier alpha value is -0.880. The first-order valence-corrected chi connectivity index (χ1v) is 7.28. The van der Waals surface area contributed by atoms with E-state index in [4.69, 9.17) is 0 Å². The van der Waals surface area contributed by atoms with Gasteiger partial charge in [-0.2, -0.15) is 0 Å². The summed E-state index contributed by atoms with van der Waals surface area (Å²) in [5, 5.41) is 7.33. The van der Waals surface area contributed by atoms with Gasteiger partial charge in [0.15, 0.2) is 0 Å². The van der Waals surface area contributed by atoms with Crippen LogP contribution in [0.5, 0.6) is 0 Å². The molecule has 1 aromatic heterocycles. The number of halogens is 1. The molecule has 0 bridgehead atoms. The molecule has 0 atom stereocenters. The molecule has 18 heavy (non-hydrogen) atoms. The maximum absolute atomic E-state index is 11.7. The molecule has 0 aliphatic rings. The van der Waals surface area contributed by atoms with E-state index in [1.54, 1.807) is 11.4 Å². The lowest BCUT2D eigenvalue weighted by Gasteiger charge is -2.20. The molecule has 0 aliphatic heterocycles. The molecule has 0 saturated carbocycles. The molecule has 1 heterocycles. The molecule has 1 aromatic rings. The van der Waals surface area contributed by atoms with E-state index in [1.165, 1.54) is 11.3 Å². The smallest absolute Gasteiger partial charge is 0.252 e. The summed E-state index contributed by atoms with van der Waals surface area (Å²) < 4.78 is 0.915. The molecule has 0 radical (unpaired) electrons. The average Bonchev–Trinajstić information content (AvgIpc) is 2.62. The Balaban J connectivity index is 2.30. The van der Waals surface area contributed by atoms with Crippen molar-refractivity contribution in [3.8, 4) is 0 Å². The highest BCUT2D eigenvalue weighted by Crippen LogP contribution is 2.20. The third-order valence-corrected chi connectivity index (χ3v) is 3.49. The molecular weight excluding hydrogens is 316 g/mol. The summed E-state index contributed by atoms with van der Waals surface area (Å²) in [7, 11) is 0. The monoisotopic (exact) mass is 332 g/mol. The van der Waals surface area contributed by atoms with Gasteiger partial charge in [0.05, 0.1) is 9.35 Å². The van der Waals surface area contributed by atoms with Gasteiger partial charge in [0.25, 0.3) is 5.91 Å². The molecule has 2 N–H and O–H groups in total. The molecule has 2 amide bonds. The number of nitrogens with one attached hydrogen (secondary N) is 2. The Morgan fingerprint density at radius 2 is 2.06 bits per heavy atom. The van der Waals surface area contributed by atoms with Crippen molar-refractivity contribution in [2.24, 2.45) is 0 Å². The number of carbonyl (C=O) groups is 2. The van der Waals surface area contributed by atoms with Crippen LogP contribution in [0, 0.1) is 0 Å². The maximum Gasteiger partial charge on any atom is 0.252 e. The molecule has 0 aliphatic carbocycles. The van der Waals surface area contributed by atoms with E-state index in [0.717, 1.165) is 3.79 Å². The van der Waals surface area contributed by atoms with Gasteiger partial charge in [-0.1, -0.05) is 0 Å². The SMILES string of the molecule is CC(C)(C)NC(=O)CCNC(=O)c1csc(Br)c1. The highest BCUT2D eigenvalue weighted by molar-refractivity contribution is 9.11. The Morgan fingerprint density at radius 1 is 1.39 bits per heavy atom. The Bertz CT molecular complexity index is 438. The Kier molecular flexibility index (Phi) is 5.34. The van der Waals surface area contributed by atoms with Crippen LogP contribution in [-0.4, -0.2) is 23.9 Å². The van der Waals surface area contributed by atoms with Crippen LogP contribution < -0.4 is 10.6 Å². The van der Waals surface area contributed by atoms with Gasteiger partial charge in [0.1, 0.15) is 0 Å². The molecule has 0 spiro atoms. The summed E-state index contributed by atoms with van der Waals surface area (Å²) in [4.78, 5) is 23.2. The fraction of sp³-hybridized carbons (Fsp3) is 0.500. The molecule has 0 fully saturated rings. The second-order valence-electron chi connectivity index (χ2n) is 4.94. The van der Waals surface area contributed by atoms with E-state index in [1.807, 2.05) is 20.8 Å². The quantitative estimate of drug-likeness (QED) is 0.890. The van der Waals surface area contributed by atoms with Crippen molar-refractivity contribution in [3.63, 3.8) is 0 Å². The van der Waals surface area contributed by atoms with E-state index in [-0.39, 0.29) is 23.8 Å². The molecule has 1 rings (SSSR count). The third kappa shape index (κ3) is 5.64. The van der Waals surface area contributed by atoms with E-state index < -0.39 is 0 Å². The summed E-state index contributed by atoms with van der Waals surface area (Å²) in [5.41, 5.74) is 0.377. The number of rotatable bonds is 4. The van der Waals surface area contributed by atoms with Crippen LogP contribution in [0.25, 0.3) is 0 Å². The first-order chi connectivity index (χ1) is 8.28. The van der Waals surface area contributed by atoms with Crippen LogP contribution in [-0.2, 0) is 4.79 Å². The summed E-state index contributed by atoms with van der Waals surface area (Å²) in [6.07, 6.45) is 0.286. The lowest BCUT2D eigenvalue weighted by atomic mass is 10.1. The molecule has 0 aromatic carbocycles. The van der Waals surface area contributed by atoms with Crippen molar-refractivity contribution < 1.29 is 9.59 Å². The van der Waals surface area contributed by atoms with Gasteiger partial charge in [-0.05, 0) is 42.8 Å². The van der Waals surface area contributed by atoms with E-state index in [0.29, 0.717) is 12.1 Å². The Labute approximate surface area is 119 Å². The third-order valence-electron chi connectivity index (χ3n) is 1.98. The zero-order valence-corrected chi connectivity index (χ0v) is 13.1. The predicted octanol–water partition coefficient (Wildman–Crippen LogP) is 2.55. The topological polar surface area (TPSA) is 58.2 Å². The second-order valence-corrected chi connectivity index (χ2v) is 7.23. The summed E-state index contributed by atoms with van der Waals surface area (Å²) in [6, 6.07) is 1.76. The standard InChI is InChI=1S/C12H17BrN2O2S/c1-12(2,3)15-10(16)4-5-14-11(17)8-6-9(13)18-7-8/h6-7H,4-5H2,1-3H3,(H,14,17)(H,15,16). The van der Waals surface area contributed by atoms with Crippen molar-refractivity contribution in [3.05, 3.63) is 20.8 Å². The van der Waals surface area contributed by atoms with E-state index in [9.17, 15) is 9.59 Å². The van der Waals surface area contributed by atoms with Crippen molar-refractivity contribution in [2.75, 3.05) is 6.54 Å². The molecule has 100 valence electrons. The van der Waals surface area contributed by atoms with Gasteiger partial charge in [-0.25, -0.2) is 0 Å². The Morgan fingerprint density at radius 3 is 2.56 bits per heavy atom. The minimum absolute atomic E-state index is 0.0608. The van der Waals surface area contributed by atoms with Gasteiger partial charge >= 0.3 is 0 Å². The van der Waals surface area contributed by atoms with Gasteiger partial charge in [-0.15, -0.1) is 11.3 Å². The molecular formula is C12H17BrN2O2S. The first-order valence-electron chi connectivity index (χ1n) is 5.61. The predicted molar refractivity (Wildman–Crippen MR) is 76.9 cm³/mol. The maximum atomic E-state index is 11.7. The molecule has 6 heteroatoms. The number of hydrogen-bond acceptors (Lipinski definition) is 3. The van der Waals surface area contributed by atoms with E-state index >= 15 is 0 Å². The zero-order chi connectivity index (χ0) is 13.8. The highest BCUT2D eigenvalue weighted by atomic mass is 79.9. The zero-order valence-electron chi connectivity index (χ0n) is 10.7. The second kappa shape index (κ2) is 6.33. The largest absolute Gasteiger partial charge is 0.351 e. The fourth-order valence-electron chi connectivity index (χ4n) is 1.30. The van der Waals surface area contributed by atoms with Crippen LogP contribution in [0.2, 0.25) is 0 Å². The van der Waals surface area contributed by atoms with Crippen molar-refractivity contribution in [1.82, 2.24) is 10.6 Å². The number of thiophene rings is 1. The minimum Gasteiger partial charge on any atom is -0.351 e. The molecule has 4 nitrogen and oxygen atoms in total. The van der Waals surface area contributed by atoms with Crippen LogP contribution in [0.4, 0.5) is 0 Å². The number of hydrogen-bond donors (Lipinski definition) is 2.